The Morgan fingerprint density at radius 2 is 2.00 bits per heavy atom. The van der Waals surface area contributed by atoms with Gasteiger partial charge in [-0.3, -0.25) is 4.79 Å². The third-order valence-corrected chi connectivity index (χ3v) is 3.49. The molecule has 0 spiro atoms. The van der Waals surface area contributed by atoms with Gasteiger partial charge in [0.05, 0.1) is 11.1 Å². The standard InChI is InChI=1S/C15H18ClFN2O/c1-3-7-15(10-18,8-4-2)14(20)19-11-5-6-12(16)13(17)9-11/h5-6,9H,3-4,7-8H2,1-2H3,(H,19,20). The number of nitriles is 1. The minimum atomic E-state index is -1.06. The Balaban J connectivity index is 2.96. The zero-order chi connectivity index (χ0) is 15.2. The van der Waals surface area contributed by atoms with Crippen molar-refractivity contribution in [1.29, 1.82) is 5.26 Å². The van der Waals surface area contributed by atoms with Crippen molar-refractivity contribution in [2.75, 3.05) is 5.32 Å². The maximum atomic E-state index is 13.4. The van der Waals surface area contributed by atoms with Crippen molar-refractivity contribution < 1.29 is 9.18 Å². The maximum Gasteiger partial charge on any atom is 0.244 e. The third-order valence-electron chi connectivity index (χ3n) is 3.18. The molecule has 0 aliphatic rings. The number of amides is 1. The number of hydrogen-bond donors (Lipinski definition) is 1. The monoisotopic (exact) mass is 296 g/mol. The van der Waals surface area contributed by atoms with Gasteiger partial charge >= 0.3 is 0 Å². The van der Waals surface area contributed by atoms with Gasteiger partial charge in [0.2, 0.25) is 5.91 Å². The number of benzene rings is 1. The molecule has 0 aliphatic heterocycles. The molecule has 20 heavy (non-hydrogen) atoms. The van der Waals surface area contributed by atoms with E-state index < -0.39 is 11.2 Å². The van der Waals surface area contributed by atoms with Crippen molar-refractivity contribution in [1.82, 2.24) is 0 Å². The van der Waals surface area contributed by atoms with Gasteiger partial charge in [0.1, 0.15) is 11.2 Å². The van der Waals surface area contributed by atoms with Crippen LogP contribution >= 0.6 is 11.6 Å². The first-order valence-electron chi connectivity index (χ1n) is 6.67. The van der Waals surface area contributed by atoms with E-state index in [1.807, 2.05) is 13.8 Å². The van der Waals surface area contributed by atoms with E-state index in [9.17, 15) is 14.4 Å². The molecule has 1 rings (SSSR count). The molecule has 0 atom stereocenters. The SMILES string of the molecule is CCCC(C#N)(CCC)C(=O)Nc1ccc(Cl)c(F)c1. The molecule has 108 valence electrons. The fraction of sp³-hybridized carbons (Fsp3) is 0.467. The number of nitrogens with one attached hydrogen (secondary N) is 1. The zero-order valence-corrected chi connectivity index (χ0v) is 12.4. The first-order valence-corrected chi connectivity index (χ1v) is 7.04. The van der Waals surface area contributed by atoms with Crippen LogP contribution in [-0.4, -0.2) is 5.91 Å². The molecule has 0 radical (unpaired) electrons. The summed E-state index contributed by atoms with van der Waals surface area (Å²) in [5.41, 5.74) is -0.747. The number of hydrogen-bond acceptors (Lipinski definition) is 2. The van der Waals surface area contributed by atoms with Gasteiger partial charge in [-0.15, -0.1) is 0 Å². The lowest BCUT2D eigenvalue weighted by molar-refractivity contribution is -0.123. The van der Waals surface area contributed by atoms with Crippen LogP contribution in [0.3, 0.4) is 0 Å². The van der Waals surface area contributed by atoms with Gasteiger partial charge in [-0.05, 0) is 31.0 Å². The average molecular weight is 297 g/mol. The third kappa shape index (κ3) is 3.71. The van der Waals surface area contributed by atoms with E-state index in [-0.39, 0.29) is 10.9 Å². The fourth-order valence-corrected chi connectivity index (χ4v) is 2.31. The molecule has 0 heterocycles. The Morgan fingerprint density at radius 3 is 2.45 bits per heavy atom. The van der Waals surface area contributed by atoms with Crippen LogP contribution in [0.4, 0.5) is 10.1 Å². The van der Waals surface area contributed by atoms with E-state index in [0.29, 0.717) is 18.5 Å². The second-order valence-corrected chi connectivity index (χ2v) is 5.18. The van der Waals surface area contributed by atoms with E-state index in [1.165, 1.54) is 12.1 Å². The number of halogens is 2. The van der Waals surface area contributed by atoms with Crippen LogP contribution < -0.4 is 5.32 Å². The van der Waals surface area contributed by atoms with Crippen LogP contribution in [0.15, 0.2) is 18.2 Å². The lowest BCUT2D eigenvalue weighted by Crippen LogP contribution is -2.35. The number of anilines is 1. The molecule has 0 unspecified atom stereocenters. The molecule has 0 saturated carbocycles. The van der Waals surface area contributed by atoms with Crippen molar-refractivity contribution in [3.8, 4) is 6.07 Å². The zero-order valence-electron chi connectivity index (χ0n) is 11.7. The van der Waals surface area contributed by atoms with Gasteiger partial charge in [-0.2, -0.15) is 5.26 Å². The summed E-state index contributed by atoms with van der Waals surface area (Å²) < 4.78 is 13.4. The van der Waals surface area contributed by atoms with Crippen LogP contribution in [0.2, 0.25) is 5.02 Å². The summed E-state index contributed by atoms with van der Waals surface area (Å²) >= 11 is 5.59. The summed E-state index contributed by atoms with van der Waals surface area (Å²) in [5, 5.41) is 12.0. The lowest BCUT2D eigenvalue weighted by Gasteiger charge is -2.24. The van der Waals surface area contributed by atoms with Gasteiger partial charge in [0.25, 0.3) is 0 Å². The van der Waals surface area contributed by atoms with E-state index in [2.05, 4.69) is 11.4 Å². The van der Waals surface area contributed by atoms with E-state index in [4.69, 9.17) is 11.6 Å². The first-order chi connectivity index (χ1) is 9.49. The molecule has 1 aromatic rings. The number of rotatable bonds is 6. The van der Waals surface area contributed by atoms with Gasteiger partial charge in [-0.25, -0.2) is 4.39 Å². The highest BCUT2D eigenvalue weighted by Crippen LogP contribution is 2.31. The van der Waals surface area contributed by atoms with Crippen LogP contribution in [0.5, 0.6) is 0 Å². The molecule has 0 aromatic heterocycles. The molecular weight excluding hydrogens is 279 g/mol. The highest BCUT2D eigenvalue weighted by Gasteiger charge is 2.37. The van der Waals surface area contributed by atoms with Gasteiger partial charge in [-0.1, -0.05) is 38.3 Å². The molecule has 3 nitrogen and oxygen atoms in total. The van der Waals surface area contributed by atoms with Crippen molar-refractivity contribution in [3.05, 3.63) is 29.0 Å². The van der Waals surface area contributed by atoms with Gasteiger partial charge < -0.3 is 5.32 Å². The van der Waals surface area contributed by atoms with Crippen LogP contribution in [0.25, 0.3) is 0 Å². The normalized spacial score (nSPS) is 10.9. The van der Waals surface area contributed by atoms with Crippen LogP contribution in [0.1, 0.15) is 39.5 Å². The highest BCUT2D eigenvalue weighted by molar-refractivity contribution is 6.30. The average Bonchev–Trinajstić information content (AvgIpc) is 2.42. The lowest BCUT2D eigenvalue weighted by atomic mass is 9.79. The summed E-state index contributed by atoms with van der Waals surface area (Å²) in [6.07, 6.45) is 2.43. The van der Waals surface area contributed by atoms with Gasteiger partial charge in [0, 0.05) is 5.69 Å². The largest absolute Gasteiger partial charge is 0.325 e. The summed E-state index contributed by atoms with van der Waals surface area (Å²) in [6, 6.07) is 6.18. The van der Waals surface area contributed by atoms with E-state index >= 15 is 0 Å². The Hall–Kier alpha value is -1.60. The summed E-state index contributed by atoms with van der Waals surface area (Å²) in [7, 11) is 0. The maximum absolute atomic E-state index is 13.4. The second-order valence-electron chi connectivity index (χ2n) is 4.78. The minimum absolute atomic E-state index is 0.00309. The second kappa shape index (κ2) is 7.25. The summed E-state index contributed by atoms with van der Waals surface area (Å²) in [5.74, 6) is -0.983. The highest BCUT2D eigenvalue weighted by atomic mass is 35.5. The van der Waals surface area contributed by atoms with Crippen molar-refractivity contribution in [3.63, 3.8) is 0 Å². The Kier molecular flexibility index (Phi) is 5.97. The molecule has 0 saturated heterocycles. The molecule has 1 aromatic carbocycles. The fourth-order valence-electron chi connectivity index (χ4n) is 2.19. The molecule has 1 amide bonds. The van der Waals surface area contributed by atoms with Crippen molar-refractivity contribution in [2.45, 2.75) is 39.5 Å². The molecule has 5 heteroatoms. The minimum Gasteiger partial charge on any atom is -0.325 e. The summed E-state index contributed by atoms with van der Waals surface area (Å²) in [4.78, 5) is 12.4. The number of nitrogens with zero attached hydrogens (tertiary/aromatic N) is 1. The predicted octanol–water partition coefficient (Wildman–Crippen LogP) is 4.53. The summed E-state index contributed by atoms with van der Waals surface area (Å²) in [6.45, 7) is 3.86. The molecular formula is C15H18ClFN2O. The van der Waals surface area contributed by atoms with Crippen molar-refractivity contribution >= 4 is 23.2 Å². The van der Waals surface area contributed by atoms with E-state index in [0.717, 1.165) is 18.9 Å². The van der Waals surface area contributed by atoms with Gasteiger partial charge in [0.15, 0.2) is 0 Å². The Morgan fingerprint density at radius 1 is 1.40 bits per heavy atom. The Bertz CT molecular complexity index is 519. The number of carbonyl (C=O) groups is 1. The van der Waals surface area contributed by atoms with E-state index in [1.54, 1.807) is 0 Å². The number of carbonyl (C=O) groups excluding carboxylic acids is 1. The first kappa shape index (κ1) is 16.5. The van der Waals surface area contributed by atoms with Crippen LogP contribution in [0, 0.1) is 22.6 Å². The molecule has 0 bridgehead atoms. The topological polar surface area (TPSA) is 52.9 Å². The smallest absolute Gasteiger partial charge is 0.244 e. The molecule has 0 aliphatic carbocycles. The molecule has 1 N–H and O–H groups in total. The predicted molar refractivity (Wildman–Crippen MR) is 77.9 cm³/mol. The molecule has 0 fully saturated rings. The quantitative estimate of drug-likeness (QED) is 0.838. The Labute approximate surface area is 123 Å². The van der Waals surface area contributed by atoms with Crippen molar-refractivity contribution in [2.24, 2.45) is 5.41 Å². The van der Waals surface area contributed by atoms with Crippen LogP contribution in [-0.2, 0) is 4.79 Å².